The Kier molecular flexibility index (Phi) is 12.1. The first-order valence-electron chi connectivity index (χ1n) is 11.3. The Bertz CT molecular complexity index is 937. The number of guanidine groups is 1. The number of hydrogen-bond acceptors (Lipinski definition) is 4. The van der Waals surface area contributed by atoms with E-state index in [1.54, 1.807) is 6.33 Å². The number of aliphatic imine (C=N–C) groups is 1. The topological polar surface area (TPSA) is 81.3 Å². The fourth-order valence-corrected chi connectivity index (χ4v) is 3.50. The average molecular weight is 553 g/mol. The summed E-state index contributed by atoms with van der Waals surface area (Å²) < 4.78 is 9.80. The number of nitrogens with one attached hydrogen (secondary N) is 2. The molecule has 0 bridgehead atoms. The van der Waals surface area contributed by atoms with Crippen LogP contribution in [0.3, 0.4) is 0 Å². The van der Waals surface area contributed by atoms with Crippen LogP contribution in [0, 0.1) is 0 Å². The maximum Gasteiger partial charge on any atom is 0.191 e. The number of fused-ring (bicyclic) bond motifs is 1. The standard InChI is InChI=1S/C23H35N7O.HI/c1-3-22-28-27-19-30(22)17-14-26-23(25-13-8-18-31-4-2)24-12-7-15-29-16-11-20-9-5-6-10-21(20)29;/h5-6,9-11,16,19H,3-4,7-8,12-15,17-18H2,1-2H3,(H2,24,25,26);1H. The quantitative estimate of drug-likeness (QED) is 0.147. The molecular weight excluding hydrogens is 517 g/mol. The largest absolute Gasteiger partial charge is 0.382 e. The van der Waals surface area contributed by atoms with Gasteiger partial charge in [0.2, 0.25) is 0 Å². The zero-order valence-corrected chi connectivity index (χ0v) is 21.5. The molecule has 0 radical (unpaired) electrons. The summed E-state index contributed by atoms with van der Waals surface area (Å²) in [6.45, 7) is 9.76. The van der Waals surface area contributed by atoms with Crippen molar-refractivity contribution in [1.82, 2.24) is 30.0 Å². The smallest absolute Gasteiger partial charge is 0.191 e. The molecular formula is C23H36IN7O. The van der Waals surface area contributed by atoms with E-state index in [0.29, 0.717) is 0 Å². The van der Waals surface area contributed by atoms with Gasteiger partial charge in [-0.3, -0.25) is 4.99 Å². The van der Waals surface area contributed by atoms with Crippen molar-refractivity contribution < 1.29 is 4.74 Å². The van der Waals surface area contributed by atoms with Crippen molar-refractivity contribution in [1.29, 1.82) is 0 Å². The van der Waals surface area contributed by atoms with Gasteiger partial charge in [-0.15, -0.1) is 34.2 Å². The molecule has 0 saturated carbocycles. The maximum atomic E-state index is 5.43. The van der Waals surface area contributed by atoms with Gasteiger partial charge >= 0.3 is 0 Å². The molecule has 176 valence electrons. The predicted molar refractivity (Wildman–Crippen MR) is 141 cm³/mol. The van der Waals surface area contributed by atoms with E-state index in [4.69, 9.17) is 9.73 Å². The van der Waals surface area contributed by atoms with Gasteiger partial charge in [0.05, 0.1) is 0 Å². The molecule has 8 nitrogen and oxygen atoms in total. The summed E-state index contributed by atoms with van der Waals surface area (Å²) in [5.74, 6) is 1.85. The maximum absolute atomic E-state index is 5.43. The number of para-hydroxylation sites is 1. The number of hydrogen-bond donors (Lipinski definition) is 2. The molecule has 0 amide bonds. The van der Waals surface area contributed by atoms with Gasteiger partial charge < -0.3 is 24.5 Å². The lowest BCUT2D eigenvalue weighted by atomic mass is 10.2. The van der Waals surface area contributed by atoms with Crippen LogP contribution in [0.25, 0.3) is 10.9 Å². The summed E-state index contributed by atoms with van der Waals surface area (Å²) in [6, 6.07) is 10.7. The molecule has 3 aromatic rings. The van der Waals surface area contributed by atoms with E-state index in [1.807, 2.05) is 6.92 Å². The number of halogens is 1. The summed E-state index contributed by atoms with van der Waals surface area (Å²) in [4.78, 5) is 4.78. The van der Waals surface area contributed by atoms with Crippen molar-refractivity contribution >= 4 is 40.8 Å². The van der Waals surface area contributed by atoms with Crippen LogP contribution in [0.2, 0.25) is 0 Å². The second-order valence-corrected chi connectivity index (χ2v) is 7.35. The van der Waals surface area contributed by atoms with Gasteiger partial charge in [-0.1, -0.05) is 25.1 Å². The van der Waals surface area contributed by atoms with Crippen LogP contribution in [-0.2, 0) is 24.2 Å². The zero-order valence-electron chi connectivity index (χ0n) is 19.2. The number of aryl methyl sites for hydroxylation is 2. The van der Waals surface area contributed by atoms with Gasteiger partial charge in [0.1, 0.15) is 12.2 Å². The first-order valence-corrected chi connectivity index (χ1v) is 11.3. The van der Waals surface area contributed by atoms with Crippen molar-refractivity contribution in [2.24, 2.45) is 4.99 Å². The highest BCUT2D eigenvalue weighted by Crippen LogP contribution is 2.15. The molecule has 0 unspecified atom stereocenters. The monoisotopic (exact) mass is 553 g/mol. The zero-order chi connectivity index (χ0) is 21.7. The third-order valence-electron chi connectivity index (χ3n) is 5.13. The summed E-state index contributed by atoms with van der Waals surface area (Å²) in [6.07, 6.45) is 6.76. The van der Waals surface area contributed by atoms with E-state index < -0.39 is 0 Å². The number of ether oxygens (including phenoxy) is 1. The molecule has 0 aliphatic carbocycles. The average Bonchev–Trinajstić information content (AvgIpc) is 3.42. The first kappa shape index (κ1) is 26.1. The Hall–Kier alpha value is -2.14. The van der Waals surface area contributed by atoms with Crippen LogP contribution in [0.1, 0.15) is 32.5 Å². The lowest BCUT2D eigenvalue weighted by Gasteiger charge is -2.13. The molecule has 0 aliphatic heterocycles. The van der Waals surface area contributed by atoms with Crippen LogP contribution >= 0.6 is 24.0 Å². The number of benzene rings is 1. The van der Waals surface area contributed by atoms with Crippen molar-refractivity contribution in [3.63, 3.8) is 0 Å². The molecule has 0 fully saturated rings. The lowest BCUT2D eigenvalue weighted by Crippen LogP contribution is -2.40. The van der Waals surface area contributed by atoms with Crippen LogP contribution in [-0.4, -0.2) is 58.1 Å². The molecule has 0 aliphatic rings. The second kappa shape index (κ2) is 14.8. The molecule has 2 heterocycles. The third kappa shape index (κ3) is 8.09. The van der Waals surface area contributed by atoms with Gasteiger partial charge in [-0.25, -0.2) is 0 Å². The summed E-state index contributed by atoms with van der Waals surface area (Å²) >= 11 is 0. The minimum Gasteiger partial charge on any atom is -0.382 e. The summed E-state index contributed by atoms with van der Waals surface area (Å²) in [5, 5.41) is 16.3. The SMILES string of the molecule is CCOCCCNC(=NCCCn1ccc2ccccc21)NCCn1cnnc1CC.I. The number of aromatic nitrogens is 4. The van der Waals surface area contributed by atoms with Crippen molar-refractivity contribution in [2.45, 2.75) is 46.2 Å². The van der Waals surface area contributed by atoms with Crippen molar-refractivity contribution in [3.8, 4) is 0 Å². The number of rotatable bonds is 13. The number of nitrogens with zero attached hydrogens (tertiary/aromatic N) is 5. The van der Waals surface area contributed by atoms with E-state index in [0.717, 1.165) is 77.0 Å². The lowest BCUT2D eigenvalue weighted by molar-refractivity contribution is 0.145. The molecule has 3 rings (SSSR count). The van der Waals surface area contributed by atoms with E-state index >= 15 is 0 Å². The van der Waals surface area contributed by atoms with Crippen LogP contribution < -0.4 is 10.6 Å². The van der Waals surface area contributed by atoms with E-state index in [-0.39, 0.29) is 24.0 Å². The van der Waals surface area contributed by atoms with Crippen molar-refractivity contribution in [2.75, 3.05) is 32.8 Å². The highest BCUT2D eigenvalue weighted by atomic mass is 127. The highest BCUT2D eigenvalue weighted by molar-refractivity contribution is 14.0. The third-order valence-corrected chi connectivity index (χ3v) is 5.13. The van der Waals surface area contributed by atoms with Gasteiger partial charge in [-0.05, 0) is 37.3 Å². The molecule has 32 heavy (non-hydrogen) atoms. The first-order chi connectivity index (χ1) is 15.3. The predicted octanol–water partition coefficient (Wildman–Crippen LogP) is 3.47. The van der Waals surface area contributed by atoms with Gasteiger partial charge in [0.15, 0.2) is 5.96 Å². The highest BCUT2D eigenvalue weighted by Gasteiger charge is 2.03. The van der Waals surface area contributed by atoms with Crippen LogP contribution in [0.4, 0.5) is 0 Å². The fourth-order valence-electron chi connectivity index (χ4n) is 3.50. The van der Waals surface area contributed by atoms with Crippen LogP contribution in [0.15, 0.2) is 47.8 Å². The molecule has 9 heteroatoms. The fraction of sp³-hybridized carbons (Fsp3) is 0.522. The summed E-state index contributed by atoms with van der Waals surface area (Å²) in [5.41, 5.74) is 1.28. The summed E-state index contributed by atoms with van der Waals surface area (Å²) in [7, 11) is 0. The van der Waals surface area contributed by atoms with E-state index in [1.165, 1.54) is 10.9 Å². The Labute approximate surface area is 207 Å². The molecule has 0 spiro atoms. The Balaban J connectivity index is 0.00000363. The van der Waals surface area contributed by atoms with Crippen molar-refractivity contribution in [3.05, 3.63) is 48.7 Å². The van der Waals surface area contributed by atoms with Crippen LogP contribution in [0.5, 0.6) is 0 Å². The molecule has 1 aromatic carbocycles. The second-order valence-electron chi connectivity index (χ2n) is 7.35. The minimum atomic E-state index is 0. The van der Waals surface area contributed by atoms with Gasteiger partial charge in [0.25, 0.3) is 0 Å². The minimum absolute atomic E-state index is 0. The van der Waals surface area contributed by atoms with E-state index in [9.17, 15) is 0 Å². The van der Waals surface area contributed by atoms with Gasteiger partial charge in [0, 0.05) is 64.1 Å². The molecule has 2 N–H and O–H groups in total. The Morgan fingerprint density at radius 3 is 2.72 bits per heavy atom. The molecule has 2 aromatic heterocycles. The van der Waals surface area contributed by atoms with E-state index in [2.05, 4.69) is 73.4 Å². The molecule has 0 atom stereocenters. The Morgan fingerprint density at radius 2 is 1.88 bits per heavy atom. The normalized spacial score (nSPS) is 11.5. The Morgan fingerprint density at radius 1 is 1.03 bits per heavy atom. The van der Waals surface area contributed by atoms with Gasteiger partial charge in [-0.2, -0.15) is 0 Å². The molecule has 0 saturated heterocycles.